The van der Waals surface area contributed by atoms with Crippen molar-refractivity contribution in [2.45, 2.75) is 26.7 Å². The fraction of sp³-hybridized carbons (Fsp3) is 0.286. The molecule has 5 nitrogen and oxygen atoms in total. The molecule has 0 unspecified atom stereocenters. The second-order valence-corrected chi connectivity index (χ2v) is 5.34. The summed E-state index contributed by atoms with van der Waals surface area (Å²) in [5.74, 6) is 7.16. The van der Waals surface area contributed by atoms with Gasteiger partial charge in [0, 0.05) is 6.42 Å². The Morgan fingerprint density at radius 2 is 2.14 bits per heavy atom. The van der Waals surface area contributed by atoms with Crippen molar-refractivity contribution in [3.8, 4) is 11.6 Å². The van der Waals surface area contributed by atoms with Crippen LogP contribution in [0.15, 0.2) is 22.7 Å². The number of aromatic nitrogens is 2. The maximum absolute atomic E-state index is 13.1. The largest absolute Gasteiger partial charge is 0.437 e. The average molecular weight is 355 g/mol. The lowest BCUT2D eigenvalue weighted by Gasteiger charge is -2.13. The van der Waals surface area contributed by atoms with Crippen LogP contribution in [0.5, 0.6) is 11.6 Å². The zero-order chi connectivity index (χ0) is 15.4. The quantitative estimate of drug-likeness (QED) is 0.632. The average Bonchev–Trinajstić information content (AvgIpc) is 2.45. The SMILES string of the molecule is CCCc1nc(NN)c(C)c(Oc2ccc(F)cc2Br)n1. The zero-order valence-corrected chi connectivity index (χ0v) is 13.4. The standard InChI is InChI=1S/C14H16BrFN4O/c1-3-4-12-18-13(20-17)8(2)14(19-12)21-11-6-5-9(16)7-10(11)15/h5-7H,3-4,17H2,1-2H3,(H,18,19,20). The predicted molar refractivity (Wildman–Crippen MR) is 82.7 cm³/mol. The molecule has 0 bridgehead atoms. The zero-order valence-electron chi connectivity index (χ0n) is 11.8. The van der Waals surface area contributed by atoms with E-state index in [-0.39, 0.29) is 5.82 Å². The molecule has 0 saturated carbocycles. The minimum absolute atomic E-state index is 0.343. The van der Waals surface area contributed by atoms with Gasteiger partial charge in [-0.25, -0.2) is 15.2 Å². The van der Waals surface area contributed by atoms with Gasteiger partial charge in [-0.1, -0.05) is 6.92 Å². The molecule has 0 fully saturated rings. The van der Waals surface area contributed by atoms with Gasteiger partial charge in [-0.2, -0.15) is 4.98 Å². The number of anilines is 1. The second kappa shape index (κ2) is 6.82. The van der Waals surface area contributed by atoms with Crippen molar-refractivity contribution in [1.82, 2.24) is 9.97 Å². The van der Waals surface area contributed by atoms with Crippen LogP contribution in [0.2, 0.25) is 0 Å². The summed E-state index contributed by atoms with van der Waals surface area (Å²) in [6, 6.07) is 4.20. The van der Waals surface area contributed by atoms with E-state index in [1.165, 1.54) is 18.2 Å². The van der Waals surface area contributed by atoms with Crippen LogP contribution in [-0.2, 0) is 6.42 Å². The number of benzene rings is 1. The highest BCUT2D eigenvalue weighted by Gasteiger charge is 2.13. The third kappa shape index (κ3) is 3.68. The number of nitrogens with one attached hydrogen (secondary N) is 1. The first-order valence-electron chi connectivity index (χ1n) is 6.52. The number of ether oxygens (including phenoxy) is 1. The Hall–Kier alpha value is -1.73. The van der Waals surface area contributed by atoms with Crippen LogP contribution in [-0.4, -0.2) is 9.97 Å². The molecule has 2 aromatic rings. The first-order chi connectivity index (χ1) is 10.0. The minimum Gasteiger partial charge on any atom is -0.437 e. The summed E-state index contributed by atoms with van der Waals surface area (Å²) in [5, 5.41) is 0. The van der Waals surface area contributed by atoms with E-state index in [1.807, 2.05) is 6.92 Å². The number of hydrazine groups is 1. The molecule has 0 atom stereocenters. The Bertz CT molecular complexity index is 651. The van der Waals surface area contributed by atoms with Crippen molar-refractivity contribution in [2.24, 2.45) is 5.84 Å². The number of nitrogen functional groups attached to an aromatic ring is 1. The molecule has 7 heteroatoms. The number of nitrogens with two attached hydrogens (primary N) is 1. The summed E-state index contributed by atoms with van der Waals surface area (Å²) in [4.78, 5) is 8.71. The maximum Gasteiger partial charge on any atom is 0.227 e. The van der Waals surface area contributed by atoms with Gasteiger partial charge in [0.25, 0.3) is 0 Å². The summed E-state index contributed by atoms with van der Waals surface area (Å²) < 4.78 is 19.4. The molecule has 21 heavy (non-hydrogen) atoms. The van der Waals surface area contributed by atoms with Crippen LogP contribution in [0.4, 0.5) is 10.2 Å². The van der Waals surface area contributed by atoms with Crippen molar-refractivity contribution in [1.29, 1.82) is 0 Å². The molecule has 2 rings (SSSR count). The van der Waals surface area contributed by atoms with Crippen molar-refractivity contribution < 1.29 is 9.13 Å². The second-order valence-electron chi connectivity index (χ2n) is 4.49. The summed E-state index contributed by atoms with van der Waals surface area (Å²) in [7, 11) is 0. The molecule has 0 aliphatic carbocycles. The summed E-state index contributed by atoms with van der Waals surface area (Å²) >= 11 is 3.27. The van der Waals surface area contributed by atoms with E-state index in [0.717, 1.165) is 12.8 Å². The lowest BCUT2D eigenvalue weighted by Crippen LogP contribution is -2.13. The summed E-state index contributed by atoms with van der Waals surface area (Å²) in [5.41, 5.74) is 3.23. The van der Waals surface area contributed by atoms with Crippen LogP contribution in [0.25, 0.3) is 0 Å². The molecule has 1 aromatic carbocycles. The molecule has 112 valence electrons. The van der Waals surface area contributed by atoms with Crippen molar-refractivity contribution in [3.05, 3.63) is 39.9 Å². The third-order valence-electron chi connectivity index (χ3n) is 2.86. The van der Waals surface area contributed by atoms with Gasteiger partial charge in [-0.15, -0.1) is 0 Å². The predicted octanol–water partition coefficient (Wildman–Crippen LogP) is 3.72. The highest BCUT2D eigenvalue weighted by atomic mass is 79.9. The van der Waals surface area contributed by atoms with Gasteiger partial charge in [0.05, 0.1) is 10.0 Å². The number of halogens is 2. The van der Waals surface area contributed by atoms with Gasteiger partial charge in [-0.3, -0.25) is 0 Å². The Balaban J connectivity index is 2.40. The fourth-order valence-electron chi connectivity index (χ4n) is 1.78. The highest BCUT2D eigenvalue weighted by Crippen LogP contribution is 2.32. The van der Waals surface area contributed by atoms with E-state index in [4.69, 9.17) is 10.6 Å². The molecular weight excluding hydrogens is 339 g/mol. The Labute approximate surface area is 130 Å². The Morgan fingerprint density at radius 3 is 2.76 bits per heavy atom. The van der Waals surface area contributed by atoms with E-state index < -0.39 is 0 Å². The molecule has 0 aliphatic rings. The number of hydrogen-bond donors (Lipinski definition) is 2. The van der Waals surface area contributed by atoms with E-state index in [1.54, 1.807) is 6.92 Å². The first kappa shape index (κ1) is 15.7. The van der Waals surface area contributed by atoms with Crippen molar-refractivity contribution >= 4 is 21.7 Å². The van der Waals surface area contributed by atoms with Gasteiger partial charge >= 0.3 is 0 Å². The minimum atomic E-state index is -0.343. The molecule has 0 radical (unpaired) electrons. The van der Waals surface area contributed by atoms with Crippen LogP contribution >= 0.6 is 15.9 Å². The smallest absolute Gasteiger partial charge is 0.227 e. The molecule has 1 aromatic heterocycles. The summed E-state index contributed by atoms with van der Waals surface area (Å²) in [6.07, 6.45) is 1.63. The molecule has 3 N–H and O–H groups in total. The Kier molecular flexibility index (Phi) is 5.08. The van der Waals surface area contributed by atoms with Crippen LogP contribution < -0.4 is 16.0 Å². The van der Waals surface area contributed by atoms with Crippen LogP contribution in [0.1, 0.15) is 24.7 Å². The molecule has 0 amide bonds. The van der Waals surface area contributed by atoms with Gasteiger partial charge in [0.2, 0.25) is 5.88 Å². The first-order valence-corrected chi connectivity index (χ1v) is 7.31. The van der Waals surface area contributed by atoms with E-state index in [0.29, 0.717) is 33.3 Å². The third-order valence-corrected chi connectivity index (χ3v) is 3.48. The van der Waals surface area contributed by atoms with Crippen molar-refractivity contribution in [2.75, 3.05) is 5.43 Å². The topological polar surface area (TPSA) is 73.1 Å². The summed E-state index contributed by atoms with van der Waals surface area (Å²) in [6.45, 7) is 3.84. The monoisotopic (exact) mass is 354 g/mol. The lowest BCUT2D eigenvalue weighted by atomic mass is 10.2. The highest BCUT2D eigenvalue weighted by molar-refractivity contribution is 9.10. The van der Waals surface area contributed by atoms with E-state index in [2.05, 4.69) is 31.3 Å². The molecule has 0 saturated heterocycles. The molecule has 0 aliphatic heterocycles. The van der Waals surface area contributed by atoms with Crippen molar-refractivity contribution in [3.63, 3.8) is 0 Å². The van der Waals surface area contributed by atoms with Crippen LogP contribution in [0.3, 0.4) is 0 Å². The fourth-order valence-corrected chi connectivity index (χ4v) is 2.21. The van der Waals surface area contributed by atoms with Gasteiger partial charge in [0.1, 0.15) is 23.2 Å². The van der Waals surface area contributed by atoms with Crippen LogP contribution in [0, 0.1) is 12.7 Å². The number of hydrogen-bond acceptors (Lipinski definition) is 5. The molecule has 1 heterocycles. The van der Waals surface area contributed by atoms with E-state index in [9.17, 15) is 4.39 Å². The lowest BCUT2D eigenvalue weighted by molar-refractivity contribution is 0.450. The normalized spacial score (nSPS) is 10.5. The number of aryl methyl sites for hydroxylation is 1. The number of rotatable bonds is 5. The van der Waals surface area contributed by atoms with Gasteiger partial charge < -0.3 is 10.2 Å². The van der Waals surface area contributed by atoms with Gasteiger partial charge in [0.15, 0.2) is 0 Å². The molecular formula is C14H16BrFN4O. The number of nitrogens with zero attached hydrogens (tertiary/aromatic N) is 2. The Morgan fingerprint density at radius 1 is 1.38 bits per heavy atom. The van der Waals surface area contributed by atoms with E-state index >= 15 is 0 Å². The van der Waals surface area contributed by atoms with Gasteiger partial charge in [-0.05, 0) is 47.5 Å². The maximum atomic E-state index is 13.1. The molecule has 0 spiro atoms.